The van der Waals surface area contributed by atoms with Gasteiger partial charge in [-0.15, -0.1) is 0 Å². The molecule has 0 heterocycles. The smallest absolute Gasteiger partial charge is 0.229 e. The molecule has 1 amide bonds. The largest absolute Gasteiger partial charge is 0.492 e. The fourth-order valence-corrected chi connectivity index (χ4v) is 1.79. The first-order valence-corrected chi connectivity index (χ1v) is 7.29. The van der Waals surface area contributed by atoms with Crippen LogP contribution in [-0.2, 0) is 4.79 Å². The van der Waals surface area contributed by atoms with E-state index in [0.717, 1.165) is 5.75 Å². The van der Waals surface area contributed by atoms with Crippen LogP contribution in [0.1, 0.15) is 33.3 Å². The number of nitrogens with two attached hydrogens (primary N) is 1. The lowest BCUT2D eigenvalue weighted by molar-refractivity contribution is -0.142. The lowest BCUT2D eigenvalue weighted by atomic mass is 9.74. The summed E-state index contributed by atoms with van der Waals surface area (Å²) in [6, 6.07) is 7.88. The standard InChI is InChI=1S/C17H28N2O2/c1-13-7-9-14(10-8-13)21-12-11-19(6)15(20)16(2,3)17(4,5)18/h7-10H,11-12,18H2,1-6H3. The number of hydrogen-bond acceptors (Lipinski definition) is 3. The quantitative estimate of drug-likeness (QED) is 0.877. The minimum absolute atomic E-state index is 0.0301. The Balaban J connectivity index is 2.52. The highest BCUT2D eigenvalue weighted by molar-refractivity contribution is 5.83. The number of ether oxygens (including phenoxy) is 1. The van der Waals surface area contributed by atoms with E-state index >= 15 is 0 Å². The lowest BCUT2D eigenvalue weighted by Gasteiger charge is -2.39. The zero-order valence-electron chi connectivity index (χ0n) is 14.1. The minimum atomic E-state index is -0.619. The van der Waals surface area contributed by atoms with E-state index in [-0.39, 0.29) is 5.91 Å². The molecule has 0 aliphatic carbocycles. The Hall–Kier alpha value is -1.55. The third-order valence-electron chi connectivity index (χ3n) is 4.21. The van der Waals surface area contributed by atoms with Gasteiger partial charge in [-0.05, 0) is 46.8 Å². The van der Waals surface area contributed by atoms with Gasteiger partial charge in [0.05, 0.1) is 12.0 Å². The lowest BCUT2D eigenvalue weighted by Crippen LogP contribution is -2.56. The van der Waals surface area contributed by atoms with Crippen LogP contribution in [0.5, 0.6) is 5.75 Å². The minimum Gasteiger partial charge on any atom is -0.492 e. The summed E-state index contributed by atoms with van der Waals surface area (Å²) in [6.07, 6.45) is 0. The van der Waals surface area contributed by atoms with E-state index in [2.05, 4.69) is 0 Å². The maximum Gasteiger partial charge on any atom is 0.229 e. The number of likely N-dealkylation sites (N-methyl/N-ethyl adjacent to an activating group) is 1. The molecule has 0 atom stereocenters. The van der Waals surface area contributed by atoms with Crippen molar-refractivity contribution in [2.24, 2.45) is 11.1 Å². The molecule has 0 aromatic heterocycles. The molecule has 0 fully saturated rings. The van der Waals surface area contributed by atoms with Crippen LogP contribution >= 0.6 is 0 Å². The predicted octanol–water partition coefficient (Wildman–Crippen LogP) is 2.60. The van der Waals surface area contributed by atoms with E-state index in [0.29, 0.717) is 13.2 Å². The van der Waals surface area contributed by atoms with Gasteiger partial charge in [0.25, 0.3) is 0 Å². The Morgan fingerprint density at radius 2 is 1.71 bits per heavy atom. The van der Waals surface area contributed by atoms with Gasteiger partial charge < -0.3 is 15.4 Å². The van der Waals surface area contributed by atoms with Gasteiger partial charge in [-0.2, -0.15) is 0 Å². The molecule has 0 saturated heterocycles. The number of rotatable bonds is 6. The molecule has 4 heteroatoms. The van der Waals surface area contributed by atoms with Crippen LogP contribution in [0.25, 0.3) is 0 Å². The first kappa shape index (κ1) is 17.5. The molecule has 0 unspecified atom stereocenters. The molecule has 1 rings (SSSR count). The van der Waals surface area contributed by atoms with Crippen LogP contribution in [0.3, 0.4) is 0 Å². The SMILES string of the molecule is Cc1ccc(OCCN(C)C(=O)C(C)(C)C(C)(C)N)cc1. The fraction of sp³-hybridized carbons (Fsp3) is 0.588. The number of hydrogen-bond donors (Lipinski definition) is 1. The van der Waals surface area contributed by atoms with E-state index < -0.39 is 11.0 Å². The molecule has 0 aliphatic rings. The highest BCUT2D eigenvalue weighted by Gasteiger charge is 2.41. The fourth-order valence-electron chi connectivity index (χ4n) is 1.79. The van der Waals surface area contributed by atoms with Crippen LogP contribution in [0.15, 0.2) is 24.3 Å². The summed E-state index contributed by atoms with van der Waals surface area (Å²) in [4.78, 5) is 14.2. The Morgan fingerprint density at radius 1 is 1.19 bits per heavy atom. The summed E-state index contributed by atoms with van der Waals surface area (Å²) in [7, 11) is 1.79. The van der Waals surface area contributed by atoms with Crippen LogP contribution in [0.4, 0.5) is 0 Å². The maximum atomic E-state index is 12.5. The molecule has 0 aliphatic heterocycles. The first-order chi connectivity index (χ1) is 9.55. The first-order valence-electron chi connectivity index (χ1n) is 7.29. The molecule has 2 N–H and O–H groups in total. The molecule has 21 heavy (non-hydrogen) atoms. The summed E-state index contributed by atoms with van der Waals surface area (Å²) in [5, 5.41) is 0. The van der Waals surface area contributed by atoms with Crippen molar-refractivity contribution in [1.29, 1.82) is 0 Å². The van der Waals surface area contributed by atoms with Gasteiger partial charge in [0.2, 0.25) is 5.91 Å². The molecule has 0 spiro atoms. The highest BCUT2D eigenvalue weighted by atomic mass is 16.5. The van der Waals surface area contributed by atoms with Crippen LogP contribution in [-0.4, -0.2) is 36.5 Å². The average Bonchev–Trinajstić information content (AvgIpc) is 2.38. The molecule has 0 saturated carbocycles. The van der Waals surface area contributed by atoms with Crippen LogP contribution in [0, 0.1) is 12.3 Å². The predicted molar refractivity (Wildman–Crippen MR) is 86.4 cm³/mol. The van der Waals surface area contributed by atoms with Gasteiger partial charge >= 0.3 is 0 Å². The maximum absolute atomic E-state index is 12.5. The van der Waals surface area contributed by atoms with Gasteiger partial charge in [-0.25, -0.2) is 0 Å². The summed E-state index contributed by atoms with van der Waals surface area (Å²) in [5.74, 6) is 0.849. The highest BCUT2D eigenvalue weighted by Crippen LogP contribution is 2.30. The van der Waals surface area contributed by atoms with Gasteiger partial charge in [0, 0.05) is 12.6 Å². The second-order valence-corrected chi connectivity index (χ2v) is 6.73. The van der Waals surface area contributed by atoms with E-state index in [9.17, 15) is 4.79 Å². The second kappa shape index (κ2) is 6.48. The molecule has 4 nitrogen and oxygen atoms in total. The second-order valence-electron chi connectivity index (χ2n) is 6.73. The van der Waals surface area contributed by atoms with Crippen LogP contribution in [0.2, 0.25) is 0 Å². The number of carbonyl (C=O) groups is 1. The van der Waals surface area contributed by atoms with Crippen molar-refractivity contribution in [2.75, 3.05) is 20.2 Å². The van der Waals surface area contributed by atoms with Gasteiger partial charge in [0.15, 0.2) is 0 Å². The number of benzene rings is 1. The molecule has 118 valence electrons. The van der Waals surface area contributed by atoms with Crippen molar-refractivity contribution in [3.8, 4) is 5.75 Å². The summed E-state index contributed by atoms with van der Waals surface area (Å²) in [6.45, 7) is 10.5. The summed E-state index contributed by atoms with van der Waals surface area (Å²) in [5.41, 5.74) is 6.11. The van der Waals surface area contributed by atoms with E-state index in [1.165, 1.54) is 5.56 Å². The van der Waals surface area contributed by atoms with Gasteiger partial charge in [-0.1, -0.05) is 17.7 Å². The average molecular weight is 292 g/mol. The monoisotopic (exact) mass is 292 g/mol. The van der Waals surface area contributed by atoms with Crippen molar-refractivity contribution in [3.63, 3.8) is 0 Å². The molecule has 0 radical (unpaired) electrons. The van der Waals surface area contributed by atoms with Crippen molar-refractivity contribution in [2.45, 2.75) is 40.2 Å². The molecule has 1 aromatic rings. The Labute approximate surface area is 128 Å². The van der Waals surface area contributed by atoms with Gasteiger partial charge in [0.1, 0.15) is 12.4 Å². The third-order valence-corrected chi connectivity index (χ3v) is 4.21. The molecule has 1 aromatic carbocycles. The number of nitrogens with zero attached hydrogens (tertiary/aromatic N) is 1. The third kappa shape index (κ3) is 4.46. The molecular weight excluding hydrogens is 264 g/mol. The summed E-state index contributed by atoms with van der Waals surface area (Å²) < 4.78 is 5.65. The van der Waals surface area contributed by atoms with Crippen molar-refractivity contribution in [1.82, 2.24) is 4.90 Å². The van der Waals surface area contributed by atoms with Crippen LogP contribution < -0.4 is 10.5 Å². The zero-order chi connectivity index (χ0) is 16.3. The molecular formula is C17H28N2O2. The molecule has 0 bridgehead atoms. The van der Waals surface area contributed by atoms with Crippen molar-refractivity contribution < 1.29 is 9.53 Å². The number of aryl methyl sites for hydroxylation is 1. The zero-order valence-corrected chi connectivity index (χ0v) is 14.1. The number of carbonyl (C=O) groups excluding carboxylic acids is 1. The van der Waals surface area contributed by atoms with Crippen molar-refractivity contribution >= 4 is 5.91 Å². The summed E-state index contributed by atoms with van der Waals surface area (Å²) >= 11 is 0. The topological polar surface area (TPSA) is 55.6 Å². The van der Waals surface area contributed by atoms with Crippen molar-refractivity contribution in [3.05, 3.63) is 29.8 Å². The normalized spacial score (nSPS) is 12.1. The Bertz CT molecular complexity index is 473. The Morgan fingerprint density at radius 3 is 2.19 bits per heavy atom. The van der Waals surface area contributed by atoms with E-state index in [1.54, 1.807) is 11.9 Å². The van der Waals surface area contributed by atoms with E-state index in [4.69, 9.17) is 10.5 Å². The Kier molecular flexibility index (Phi) is 5.40. The van der Waals surface area contributed by atoms with Gasteiger partial charge in [-0.3, -0.25) is 4.79 Å². The van der Waals surface area contributed by atoms with E-state index in [1.807, 2.05) is 58.9 Å². The number of amides is 1.